The van der Waals surface area contributed by atoms with Crippen LogP contribution in [0.15, 0.2) is 30.5 Å². The lowest BCUT2D eigenvalue weighted by atomic mass is 10.1. The van der Waals surface area contributed by atoms with Crippen LogP contribution < -0.4 is 0 Å². The van der Waals surface area contributed by atoms with E-state index in [-0.39, 0.29) is 0 Å². The summed E-state index contributed by atoms with van der Waals surface area (Å²) in [6, 6.07) is 7.56. The van der Waals surface area contributed by atoms with Gasteiger partial charge in [0.25, 0.3) is 0 Å². The van der Waals surface area contributed by atoms with Gasteiger partial charge in [-0.15, -0.1) is 0 Å². The second kappa shape index (κ2) is 4.90. The first-order valence-electron chi connectivity index (χ1n) is 4.66. The van der Waals surface area contributed by atoms with Crippen molar-refractivity contribution in [3.8, 4) is 11.3 Å². The molecule has 1 heterocycles. The lowest BCUT2D eigenvalue weighted by Crippen LogP contribution is -1.91. The zero-order chi connectivity index (χ0) is 11.7. The molecule has 0 aliphatic carbocycles. The molecule has 1 nitrogen and oxygen atoms in total. The second-order valence-corrected chi connectivity index (χ2v) is 5.26. The largest absolute Gasteiger partial charge is 0.255 e. The number of benzene rings is 1. The molecule has 0 radical (unpaired) electrons. The van der Waals surface area contributed by atoms with Gasteiger partial charge >= 0.3 is 0 Å². The number of hydrogen-bond donors (Lipinski definition) is 0. The van der Waals surface area contributed by atoms with E-state index in [1.54, 1.807) is 12.3 Å². The van der Waals surface area contributed by atoms with Crippen LogP contribution in [0.1, 0.15) is 5.56 Å². The highest BCUT2D eigenvalue weighted by Gasteiger charge is 2.11. The molecule has 2 aromatic rings. The molecule has 0 saturated heterocycles. The monoisotopic (exact) mass is 363 g/mol. The predicted octanol–water partition coefficient (Wildman–Crippen LogP) is 4.97. The maximum Gasteiger partial charge on any atom is 0.0853 e. The summed E-state index contributed by atoms with van der Waals surface area (Å²) in [7, 11) is 0. The summed E-state index contributed by atoms with van der Waals surface area (Å²) >= 11 is 14.4. The molecule has 0 amide bonds. The number of nitrogens with zero attached hydrogens (tertiary/aromatic N) is 1. The molecule has 16 heavy (non-hydrogen) atoms. The molecule has 0 saturated carbocycles. The van der Waals surface area contributed by atoms with E-state index in [2.05, 4.69) is 27.6 Å². The summed E-state index contributed by atoms with van der Waals surface area (Å²) in [5.74, 6) is 0. The minimum atomic E-state index is 0.554. The predicted molar refractivity (Wildman–Crippen MR) is 77.1 cm³/mol. The Labute approximate surface area is 118 Å². The number of aromatic nitrogens is 1. The molecule has 0 bridgehead atoms. The van der Waals surface area contributed by atoms with Crippen molar-refractivity contribution in [2.75, 3.05) is 0 Å². The van der Waals surface area contributed by atoms with Gasteiger partial charge in [-0.1, -0.05) is 35.3 Å². The summed E-state index contributed by atoms with van der Waals surface area (Å²) < 4.78 is 1.10. The van der Waals surface area contributed by atoms with Gasteiger partial charge in [0.1, 0.15) is 0 Å². The molecule has 0 atom stereocenters. The van der Waals surface area contributed by atoms with Crippen LogP contribution in [0.2, 0.25) is 10.0 Å². The van der Waals surface area contributed by atoms with E-state index in [9.17, 15) is 0 Å². The van der Waals surface area contributed by atoms with Crippen LogP contribution in [0, 0.1) is 10.5 Å². The van der Waals surface area contributed by atoms with Gasteiger partial charge in [0, 0.05) is 15.3 Å². The lowest BCUT2D eigenvalue weighted by Gasteiger charge is -2.08. The standard InChI is InChI=1S/C12H8Cl2IN/c1-7-5-6-16-12(11(7)15)8-3-2-4-9(13)10(8)14/h2-6H,1H3. The molecule has 2 rings (SSSR count). The summed E-state index contributed by atoms with van der Waals surface area (Å²) in [6.07, 6.45) is 1.78. The van der Waals surface area contributed by atoms with Crippen LogP contribution in [0.5, 0.6) is 0 Å². The summed E-state index contributed by atoms with van der Waals surface area (Å²) in [5.41, 5.74) is 2.94. The van der Waals surface area contributed by atoms with Crippen molar-refractivity contribution < 1.29 is 0 Å². The van der Waals surface area contributed by atoms with E-state index < -0.39 is 0 Å². The van der Waals surface area contributed by atoms with Crippen molar-refractivity contribution in [3.05, 3.63) is 49.6 Å². The first kappa shape index (κ1) is 12.1. The molecule has 1 aromatic carbocycles. The van der Waals surface area contributed by atoms with Crippen molar-refractivity contribution in [2.24, 2.45) is 0 Å². The van der Waals surface area contributed by atoms with Crippen molar-refractivity contribution in [2.45, 2.75) is 6.92 Å². The summed E-state index contributed by atoms with van der Waals surface area (Å²) in [5, 5.41) is 1.11. The number of pyridine rings is 1. The fourth-order valence-corrected chi connectivity index (χ4v) is 2.41. The Kier molecular flexibility index (Phi) is 3.72. The smallest absolute Gasteiger partial charge is 0.0853 e. The molecule has 0 spiro atoms. The van der Waals surface area contributed by atoms with Crippen molar-refractivity contribution in [1.82, 2.24) is 4.98 Å². The van der Waals surface area contributed by atoms with E-state index in [0.717, 1.165) is 14.8 Å². The van der Waals surface area contributed by atoms with Crippen LogP contribution >= 0.6 is 45.8 Å². The van der Waals surface area contributed by atoms with Crippen molar-refractivity contribution in [3.63, 3.8) is 0 Å². The van der Waals surface area contributed by atoms with Gasteiger partial charge in [-0.05, 0) is 47.2 Å². The zero-order valence-corrected chi connectivity index (χ0v) is 12.1. The fourth-order valence-electron chi connectivity index (χ4n) is 1.41. The maximum absolute atomic E-state index is 6.18. The number of aryl methyl sites for hydroxylation is 1. The molecule has 0 aliphatic heterocycles. The highest BCUT2D eigenvalue weighted by atomic mass is 127. The van der Waals surface area contributed by atoms with Crippen LogP contribution in [0.3, 0.4) is 0 Å². The van der Waals surface area contributed by atoms with Crippen LogP contribution in [-0.4, -0.2) is 4.98 Å². The van der Waals surface area contributed by atoms with Gasteiger partial charge in [-0.25, -0.2) is 0 Å². The fraction of sp³-hybridized carbons (Fsp3) is 0.0833. The molecular formula is C12H8Cl2IN. The number of rotatable bonds is 1. The van der Waals surface area contributed by atoms with Crippen LogP contribution in [-0.2, 0) is 0 Å². The third-order valence-electron chi connectivity index (χ3n) is 2.29. The minimum absolute atomic E-state index is 0.554. The molecule has 0 N–H and O–H groups in total. The summed E-state index contributed by atoms with van der Waals surface area (Å²) in [4.78, 5) is 4.36. The molecule has 1 aromatic heterocycles. The Hall–Kier alpha value is -0.320. The number of halogens is 3. The van der Waals surface area contributed by atoms with E-state index >= 15 is 0 Å². The van der Waals surface area contributed by atoms with Gasteiger partial charge < -0.3 is 0 Å². The van der Waals surface area contributed by atoms with Gasteiger partial charge in [-0.3, -0.25) is 4.98 Å². The molecule has 0 unspecified atom stereocenters. The number of hydrogen-bond acceptors (Lipinski definition) is 1. The van der Waals surface area contributed by atoms with Crippen molar-refractivity contribution >= 4 is 45.8 Å². The SMILES string of the molecule is Cc1ccnc(-c2cccc(Cl)c2Cl)c1I. The van der Waals surface area contributed by atoms with Crippen LogP contribution in [0.4, 0.5) is 0 Å². The Morgan fingerprint density at radius 1 is 1.19 bits per heavy atom. The van der Waals surface area contributed by atoms with E-state index in [4.69, 9.17) is 23.2 Å². The Morgan fingerprint density at radius 3 is 2.69 bits per heavy atom. The first-order valence-corrected chi connectivity index (χ1v) is 6.50. The third-order valence-corrected chi connectivity index (χ3v) is 4.47. The Balaban J connectivity index is 2.68. The quantitative estimate of drug-likeness (QED) is 0.652. The van der Waals surface area contributed by atoms with Gasteiger partial charge in [-0.2, -0.15) is 0 Å². The first-order chi connectivity index (χ1) is 7.61. The molecule has 0 fully saturated rings. The lowest BCUT2D eigenvalue weighted by molar-refractivity contribution is 1.26. The average Bonchev–Trinajstić information content (AvgIpc) is 2.27. The summed E-state index contributed by atoms with van der Waals surface area (Å²) in [6.45, 7) is 2.05. The molecule has 4 heteroatoms. The minimum Gasteiger partial charge on any atom is -0.255 e. The normalized spacial score (nSPS) is 10.5. The highest BCUT2D eigenvalue weighted by Crippen LogP contribution is 2.35. The Bertz CT molecular complexity index is 491. The topological polar surface area (TPSA) is 12.9 Å². The van der Waals surface area contributed by atoms with Crippen LogP contribution in [0.25, 0.3) is 11.3 Å². The Morgan fingerprint density at radius 2 is 1.94 bits per heavy atom. The van der Waals surface area contributed by atoms with Gasteiger partial charge in [0.2, 0.25) is 0 Å². The zero-order valence-electron chi connectivity index (χ0n) is 8.47. The highest BCUT2D eigenvalue weighted by molar-refractivity contribution is 14.1. The second-order valence-electron chi connectivity index (χ2n) is 3.39. The molecular weight excluding hydrogens is 356 g/mol. The van der Waals surface area contributed by atoms with E-state index in [0.29, 0.717) is 10.0 Å². The van der Waals surface area contributed by atoms with Gasteiger partial charge in [0.05, 0.1) is 15.7 Å². The molecule has 0 aliphatic rings. The average molecular weight is 364 g/mol. The van der Waals surface area contributed by atoms with Gasteiger partial charge in [0.15, 0.2) is 0 Å². The molecule has 82 valence electrons. The van der Waals surface area contributed by atoms with Crippen molar-refractivity contribution in [1.29, 1.82) is 0 Å². The van der Waals surface area contributed by atoms with E-state index in [1.165, 1.54) is 5.56 Å². The third kappa shape index (κ3) is 2.19. The maximum atomic E-state index is 6.18. The van der Waals surface area contributed by atoms with E-state index in [1.807, 2.05) is 25.1 Å².